The van der Waals surface area contributed by atoms with Crippen LogP contribution in [0, 0.1) is 0 Å². The lowest BCUT2D eigenvalue weighted by atomic mass is 9.94. The number of esters is 1. The fourth-order valence-electron chi connectivity index (χ4n) is 5.20. The number of carbonyl (C=O) groups excluding carboxylic acids is 1. The third-order valence-corrected chi connectivity index (χ3v) is 13.4. The summed E-state index contributed by atoms with van der Waals surface area (Å²) in [6.45, 7) is 8.22. The number of hydrogen-bond donors (Lipinski definition) is 0. The molecule has 1 aliphatic heterocycles. The van der Waals surface area contributed by atoms with Gasteiger partial charge < -0.3 is 4.74 Å². The van der Waals surface area contributed by atoms with Gasteiger partial charge in [-0.1, -0.05) is 50.3 Å². The zero-order valence-electron chi connectivity index (χ0n) is 20.7. The number of sulfone groups is 1. The fraction of sp³-hybridized carbons (Fsp3) is 0.423. The molecule has 0 N–H and O–H groups in total. The van der Waals surface area contributed by atoms with Crippen LogP contribution in [-0.2, 0) is 24.1 Å². The number of benzene rings is 1. The van der Waals surface area contributed by atoms with Crippen molar-refractivity contribution in [2.75, 3.05) is 12.4 Å². The van der Waals surface area contributed by atoms with Crippen LogP contribution >= 0.6 is 11.3 Å². The van der Waals surface area contributed by atoms with Gasteiger partial charge in [0.15, 0.2) is 9.84 Å². The molecule has 1 fully saturated rings. The highest BCUT2D eigenvalue weighted by molar-refractivity contribution is 7.92. The van der Waals surface area contributed by atoms with E-state index in [0.29, 0.717) is 12.8 Å². The summed E-state index contributed by atoms with van der Waals surface area (Å²) in [6.07, 6.45) is 6.89. The summed E-state index contributed by atoms with van der Waals surface area (Å²) in [7, 11) is -5.86. The molecule has 9 heteroatoms. The molecular formula is C26H32N2O4S2Si. The Balaban J connectivity index is 1.79. The Hall–Kier alpha value is -2.36. The molecule has 2 aromatic heterocycles. The van der Waals surface area contributed by atoms with Crippen molar-refractivity contribution in [3.05, 3.63) is 59.9 Å². The summed E-state index contributed by atoms with van der Waals surface area (Å²) in [5, 5.41) is 0. The maximum absolute atomic E-state index is 13.9. The van der Waals surface area contributed by atoms with E-state index in [1.165, 1.54) is 11.3 Å². The molecule has 1 aliphatic rings. The molecule has 3 aromatic rings. The maximum atomic E-state index is 13.9. The van der Waals surface area contributed by atoms with Crippen LogP contribution in [0.25, 0.3) is 21.7 Å². The van der Waals surface area contributed by atoms with Gasteiger partial charge in [0.1, 0.15) is 4.75 Å². The molecule has 1 unspecified atom stereocenters. The third-order valence-electron chi connectivity index (χ3n) is 6.67. The normalized spacial score (nSPS) is 20.8. The van der Waals surface area contributed by atoms with Gasteiger partial charge in [-0.3, -0.25) is 14.8 Å². The highest BCUT2D eigenvalue weighted by Gasteiger charge is 2.60. The average Bonchev–Trinajstić information content (AvgIpc) is 3.31. The van der Waals surface area contributed by atoms with E-state index in [0.717, 1.165) is 33.0 Å². The SMILES string of the molecule is CCOC(=O)C([C@]1(c2ccc(-c3ccc(-c4cnccn4)cc3)s2)CCCCS1(=O)=O)[Si](C)(C)C. The summed E-state index contributed by atoms with van der Waals surface area (Å²) in [5.41, 5.74) is 2.10. The molecule has 0 amide bonds. The lowest BCUT2D eigenvalue weighted by Crippen LogP contribution is -2.54. The molecule has 35 heavy (non-hydrogen) atoms. The average molecular weight is 529 g/mol. The highest BCUT2D eigenvalue weighted by Crippen LogP contribution is 2.55. The second-order valence-corrected chi connectivity index (χ2v) is 18.8. The summed E-state index contributed by atoms with van der Waals surface area (Å²) < 4.78 is 32.0. The second-order valence-electron chi connectivity index (χ2n) is 10.0. The number of hydrogen-bond acceptors (Lipinski definition) is 7. The van der Waals surface area contributed by atoms with Crippen LogP contribution in [0.3, 0.4) is 0 Å². The van der Waals surface area contributed by atoms with E-state index in [-0.39, 0.29) is 18.3 Å². The van der Waals surface area contributed by atoms with Gasteiger partial charge in [0, 0.05) is 27.7 Å². The molecule has 186 valence electrons. The number of carbonyl (C=O) groups is 1. The van der Waals surface area contributed by atoms with Crippen molar-refractivity contribution < 1.29 is 17.9 Å². The number of nitrogens with zero attached hydrogens (tertiary/aromatic N) is 2. The van der Waals surface area contributed by atoms with Crippen molar-refractivity contribution in [1.82, 2.24) is 9.97 Å². The van der Waals surface area contributed by atoms with E-state index in [1.807, 2.05) is 36.4 Å². The Morgan fingerprint density at radius 2 is 1.80 bits per heavy atom. The fourth-order valence-corrected chi connectivity index (χ4v) is 13.3. The Bertz CT molecular complexity index is 1280. The largest absolute Gasteiger partial charge is 0.466 e. The van der Waals surface area contributed by atoms with Crippen LogP contribution in [0.2, 0.25) is 25.2 Å². The van der Waals surface area contributed by atoms with E-state index in [1.54, 1.807) is 25.5 Å². The number of aromatic nitrogens is 2. The van der Waals surface area contributed by atoms with Crippen LogP contribution in [0.5, 0.6) is 0 Å². The van der Waals surface area contributed by atoms with E-state index in [2.05, 4.69) is 29.6 Å². The smallest absolute Gasteiger partial charge is 0.308 e. The second kappa shape index (κ2) is 9.95. The molecule has 0 radical (unpaired) electrons. The van der Waals surface area contributed by atoms with Gasteiger partial charge in [-0.05, 0) is 37.5 Å². The van der Waals surface area contributed by atoms with Crippen LogP contribution in [-0.4, -0.2) is 44.8 Å². The van der Waals surface area contributed by atoms with E-state index in [9.17, 15) is 13.2 Å². The molecule has 4 rings (SSSR count). The molecule has 6 nitrogen and oxygen atoms in total. The number of ether oxygens (including phenoxy) is 1. The maximum Gasteiger partial charge on any atom is 0.308 e. The van der Waals surface area contributed by atoms with E-state index < -0.39 is 28.2 Å². The lowest BCUT2D eigenvalue weighted by molar-refractivity contribution is -0.144. The molecule has 0 saturated carbocycles. The quantitative estimate of drug-likeness (QED) is 0.279. The van der Waals surface area contributed by atoms with Crippen molar-refractivity contribution in [1.29, 1.82) is 0 Å². The number of thiophene rings is 1. The van der Waals surface area contributed by atoms with Gasteiger partial charge in [0.25, 0.3) is 0 Å². The first-order valence-electron chi connectivity index (χ1n) is 12.0. The molecule has 0 bridgehead atoms. The van der Waals surface area contributed by atoms with Crippen molar-refractivity contribution in [3.63, 3.8) is 0 Å². The first kappa shape index (κ1) is 25.7. The minimum Gasteiger partial charge on any atom is -0.466 e. The van der Waals surface area contributed by atoms with Crippen molar-refractivity contribution >= 4 is 35.2 Å². The number of rotatable bonds is 7. The minimum atomic E-state index is -3.57. The molecule has 0 aliphatic carbocycles. The van der Waals surface area contributed by atoms with Gasteiger partial charge >= 0.3 is 5.97 Å². The van der Waals surface area contributed by atoms with Gasteiger partial charge in [0.05, 0.1) is 37.9 Å². The summed E-state index contributed by atoms with van der Waals surface area (Å²) in [6, 6.07) is 11.9. The standard InChI is InChI=1S/C26H32N2O4S2Si/c1-5-32-25(29)24(35(2,3)4)26(14-6-7-17-34(26,30)31)23-13-12-22(33-23)20-10-8-19(9-11-20)21-18-27-15-16-28-21/h8-13,15-16,18,24H,5-7,14,17H2,1-4H3/t24?,26-/m1/s1. The zero-order valence-corrected chi connectivity index (χ0v) is 23.3. The molecule has 3 heterocycles. The summed E-state index contributed by atoms with van der Waals surface area (Å²) in [4.78, 5) is 23.6. The lowest BCUT2D eigenvalue weighted by Gasteiger charge is -2.45. The highest BCUT2D eigenvalue weighted by atomic mass is 32.2. The van der Waals surface area contributed by atoms with Crippen LogP contribution in [0.4, 0.5) is 0 Å². The van der Waals surface area contributed by atoms with Gasteiger partial charge in [0.2, 0.25) is 0 Å². The van der Waals surface area contributed by atoms with Crippen molar-refractivity contribution in [2.24, 2.45) is 0 Å². The predicted molar refractivity (Wildman–Crippen MR) is 144 cm³/mol. The van der Waals surface area contributed by atoms with Crippen LogP contribution < -0.4 is 0 Å². The minimum absolute atomic E-state index is 0.105. The van der Waals surface area contributed by atoms with Crippen molar-refractivity contribution in [2.45, 2.75) is 56.1 Å². The summed E-state index contributed by atoms with van der Waals surface area (Å²) >= 11 is 1.48. The van der Waals surface area contributed by atoms with Crippen molar-refractivity contribution in [3.8, 4) is 21.7 Å². The van der Waals surface area contributed by atoms with Crippen LogP contribution in [0.15, 0.2) is 55.0 Å². The Kier molecular flexibility index (Phi) is 7.31. The first-order valence-corrected chi connectivity index (χ1v) is 18.0. The first-order chi connectivity index (χ1) is 16.6. The molecular weight excluding hydrogens is 497 g/mol. The van der Waals surface area contributed by atoms with E-state index >= 15 is 0 Å². The predicted octanol–water partition coefficient (Wildman–Crippen LogP) is 5.94. The van der Waals surface area contributed by atoms with Gasteiger partial charge in [-0.2, -0.15) is 0 Å². The Morgan fingerprint density at radius 3 is 2.40 bits per heavy atom. The zero-order chi connectivity index (χ0) is 25.3. The monoisotopic (exact) mass is 528 g/mol. The topological polar surface area (TPSA) is 86.2 Å². The van der Waals surface area contributed by atoms with E-state index in [4.69, 9.17) is 4.74 Å². The third kappa shape index (κ3) is 4.86. The molecule has 1 saturated heterocycles. The Labute approximate surface area is 212 Å². The van der Waals surface area contributed by atoms with Crippen LogP contribution in [0.1, 0.15) is 31.1 Å². The van der Waals surface area contributed by atoms with Gasteiger partial charge in [-0.25, -0.2) is 8.42 Å². The summed E-state index contributed by atoms with van der Waals surface area (Å²) in [5.74, 6) is -0.270. The molecule has 0 spiro atoms. The molecule has 2 atom stereocenters. The molecule has 1 aromatic carbocycles. The van der Waals surface area contributed by atoms with Gasteiger partial charge in [-0.15, -0.1) is 11.3 Å². The Morgan fingerprint density at radius 1 is 1.09 bits per heavy atom.